The van der Waals surface area contributed by atoms with Crippen LogP contribution in [0.4, 0.5) is 11.4 Å². The van der Waals surface area contributed by atoms with Crippen molar-refractivity contribution in [2.75, 3.05) is 43.9 Å². The van der Waals surface area contributed by atoms with E-state index in [1.807, 2.05) is 45.3 Å². The lowest BCUT2D eigenvalue weighted by Crippen LogP contribution is -2.45. The quantitative estimate of drug-likeness (QED) is 0.721. The minimum atomic E-state index is -0.155. The number of amides is 1. The second kappa shape index (κ2) is 8.57. The first-order valence-corrected chi connectivity index (χ1v) is 10.5. The van der Waals surface area contributed by atoms with Crippen molar-refractivity contribution in [2.45, 2.75) is 46.1 Å². The monoisotopic (exact) mass is 398 g/mol. The number of Topliss-reactive ketones (excluding diaryl/α,β-unsaturated/α-hetero) is 1. The van der Waals surface area contributed by atoms with Crippen molar-refractivity contribution in [3.63, 3.8) is 0 Å². The average Bonchev–Trinajstić information content (AvgIpc) is 2.72. The molecule has 0 saturated heterocycles. The van der Waals surface area contributed by atoms with Crippen molar-refractivity contribution in [3.8, 4) is 0 Å². The first-order chi connectivity index (χ1) is 13.7. The summed E-state index contributed by atoms with van der Waals surface area (Å²) in [6.07, 6.45) is 2.28. The number of anilines is 2. The summed E-state index contributed by atoms with van der Waals surface area (Å²) in [6.45, 7) is 8.13. The summed E-state index contributed by atoms with van der Waals surface area (Å²) in [5, 5.41) is 6.55. The maximum absolute atomic E-state index is 13.0. The van der Waals surface area contributed by atoms with Gasteiger partial charge in [0.1, 0.15) is 0 Å². The fourth-order valence-corrected chi connectivity index (χ4v) is 4.34. The van der Waals surface area contributed by atoms with Crippen LogP contribution in [0.3, 0.4) is 0 Å². The lowest BCUT2D eigenvalue weighted by molar-refractivity contribution is -0.120. The van der Waals surface area contributed by atoms with Crippen LogP contribution in [0.25, 0.3) is 0 Å². The smallest absolute Gasteiger partial charge is 0.239 e. The molecule has 2 aliphatic rings. The van der Waals surface area contributed by atoms with Gasteiger partial charge in [0.05, 0.1) is 24.0 Å². The second-order valence-corrected chi connectivity index (χ2v) is 9.29. The van der Waals surface area contributed by atoms with Crippen LogP contribution in [-0.2, 0) is 9.59 Å². The highest BCUT2D eigenvalue weighted by atomic mass is 16.2. The van der Waals surface area contributed by atoms with Crippen molar-refractivity contribution in [1.29, 1.82) is 0 Å². The number of nitrogens with zero attached hydrogens (tertiary/aromatic N) is 2. The van der Waals surface area contributed by atoms with Gasteiger partial charge in [-0.1, -0.05) is 26.0 Å². The highest BCUT2D eigenvalue weighted by Gasteiger charge is 2.39. The zero-order valence-corrected chi connectivity index (χ0v) is 18.3. The summed E-state index contributed by atoms with van der Waals surface area (Å²) >= 11 is 0. The molecule has 3 rings (SSSR count). The van der Waals surface area contributed by atoms with Gasteiger partial charge in [-0.25, -0.2) is 0 Å². The van der Waals surface area contributed by atoms with Crippen LogP contribution < -0.4 is 15.5 Å². The van der Waals surface area contributed by atoms with Gasteiger partial charge < -0.3 is 20.4 Å². The molecule has 0 bridgehead atoms. The summed E-state index contributed by atoms with van der Waals surface area (Å²) in [7, 11) is 4.05. The molecular weight excluding hydrogens is 364 g/mol. The Morgan fingerprint density at radius 3 is 2.72 bits per heavy atom. The molecule has 2 N–H and O–H groups in total. The number of rotatable bonds is 6. The Bertz CT molecular complexity index is 813. The largest absolute Gasteiger partial charge is 0.357 e. The summed E-state index contributed by atoms with van der Waals surface area (Å²) < 4.78 is 0. The van der Waals surface area contributed by atoms with E-state index in [0.29, 0.717) is 13.0 Å². The number of benzene rings is 1. The molecule has 29 heavy (non-hydrogen) atoms. The van der Waals surface area contributed by atoms with Gasteiger partial charge in [-0.05, 0) is 58.0 Å². The van der Waals surface area contributed by atoms with Crippen molar-refractivity contribution >= 4 is 23.1 Å². The van der Waals surface area contributed by atoms with Gasteiger partial charge >= 0.3 is 0 Å². The minimum Gasteiger partial charge on any atom is -0.357 e. The standard InChI is InChI=1S/C23H34N4O2/c1-16-22-18(13-23(2,3)14-20(22)28)25-17-9-6-7-10-19(17)27(16)15-21(29)24-11-8-12-26(4)5/h6-7,9-10,16,25H,8,11-15H2,1-5H3,(H,24,29)/t16-/m1/s1. The Hall–Kier alpha value is -2.34. The number of para-hydroxylation sites is 2. The van der Waals surface area contributed by atoms with E-state index in [1.54, 1.807) is 0 Å². The van der Waals surface area contributed by atoms with Gasteiger partial charge in [0.25, 0.3) is 0 Å². The van der Waals surface area contributed by atoms with Gasteiger partial charge in [0, 0.05) is 24.2 Å². The van der Waals surface area contributed by atoms with Crippen molar-refractivity contribution in [1.82, 2.24) is 10.2 Å². The molecule has 0 radical (unpaired) electrons. The zero-order valence-electron chi connectivity index (χ0n) is 18.3. The molecule has 1 aromatic rings. The third-order valence-electron chi connectivity index (χ3n) is 5.72. The highest BCUT2D eigenvalue weighted by molar-refractivity contribution is 6.01. The number of hydrogen-bond acceptors (Lipinski definition) is 5. The topological polar surface area (TPSA) is 64.7 Å². The SMILES string of the molecule is C[C@@H]1C2=C(CC(C)(C)CC2=O)Nc2ccccc2N1CC(=O)NCCCN(C)C. The summed E-state index contributed by atoms with van der Waals surface area (Å²) in [6, 6.07) is 7.85. The normalized spacial score (nSPS) is 20.7. The number of carbonyl (C=O) groups excluding carboxylic acids is 2. The molecule has 6 nitrogen and oxygen atoms in total. The number of allylic oxidation sites excluding steroid dienone is 1. The molecule has 158 valence electrons. The van der Waals surface area contributed by atoms with Crippen molar-refractivity contribution < 1.29 is 9.59 Å². The van der Waals surface area contributed by atoms with Crippen LogP contribution in [0.2, 0.25) is 0 Å². The Kier molecular flexibility index (Phi) is 6.32. The third-order valence-corrected chi connectivity index (χ3v) is 5.72. The average molecular weight is 399 g/mol. The fraction of sp³-hybridized carbons (Fsp3) is 0.565. The predicted molar refractivity (Wildman–Crippen MR) is 118 cm³/mol. The van der Waals surface area contributed by atoms with Crippen LogP contribution in [0.1, 0.15) is 40.0 Å². The molecule has 1 aromatic carbocycles. The van der Waals surface area contributed by atoms with E-state index in [4.69, 9.17) is 0 Å². The molecule has 0 spiro atoms. The molecule has 1 heterocycles. The van der Waals surface area contributed by atoms with Crippen molar-refractivity contribution in [2.24, 2.45) is 5.41 Å². The van der Waals surface area contributed by atoms with E-state index in [2.05, 4.69) is 34.3 Å². The molecule has 0 aromatic heterocycles. The molecule has 0 saturated carbocycles. The van der Waals surface area contributed by atoms with E-state index in [-0.39, 0.29) is 29.7 Å². The summed E-state index contributed by atoms with van der Waals surface area (Å²) in [4.78, 5) is 29.9. The van der Waals surface area contributed by atoms with E-state index in [0.717, 1.165) is 42.0 Å². The Labute approximate surface area is 174 Å². The maximum Gasteiger partial charge on any atom is 0.239 e. The lowest BCUT2D eigenvalue weighted by Gasteiger charge is -2.36. The van der Waals surface area contributed by atoms with Crippen LogP contribution >= 0.6 is 0 Å². The van der Waals surface area contributed by atoms with Gasteiger partial charge in [-0.2, -0.15) is 0 Å². The molecule has 0 fully saturated rings. The molecule has 1 amide bonds. The van der Waals surface area contributed by atoms with Crippen LogP contribution in [0, 0.1) is 5.41 Å². The molecule has 0 unspecified atom stereocenters. The van der Waals surface area contributed by atoms with Gasteiger partial charge in [0.15, 0.2) is 5.78 Å². The summed E-state index contributed by atoms with van der Waals surface area (Å²) in [5.74, 6) is 0.165. The Balaban J connectivity index is 1.84. The first-order valence-electron chi connectivity index (χ1n) is 10.5. The van der Waals surface area contributed by atoms with E-state index < -0.39 is 0 Å². The molecule has 1 aliphatic carbocycles. The predicted octanol–water partition coefficient (Wildman–Crippen LogP) is 3.02. The number of ketones is 1. The molecule has 1 aliphatic heterocycles. The minimum absolute atomic E-state index is 0.0157. The molecule has 6 heteroatoms. The van der Waals surface area contributed by atoms with Gasteiger partial charge in [-0.15, -0.1) is 0 Å². The number of hydrogen-bond donors (Lipinski definition) is 2. The van der Waals surface area contributed by atoms with Gasteiger partial charge in [0.2, 0.25) is 5.91 Å². The third kappa shape index (κ3) is 4.99. The molecule has 1 atom stereocenters. The maximum atomic E-state index is 13.0. The van der Waals surface area contributed by atoms with Gasteiger partial charge in [-0.3, -0.25) is 9.59 Å². The van der Waals surface area contributed by atoms with E-state index in [9.17, 15) is 9.59 Å². The number of fused-ring (bicyclic) bond motifs is 1. The van der Waals surface area contributed by atoms with Crippen LogP contribution in [0.15, 0.2) is 35.5 Å². The zero-order chi connectivity index (χ0) is 21.2. The van der Waals surface area contributed by atoms with Crippen LogP contribution in [-0.4, -0.2) is 56.4 Å². The molecular formula is C23H34N4O2. The number of carbonyl (C=O) groups is 2. The van der Waals surface area contributed by atoms with Crippen molar-refractivity contribution in [3.05, 3.63) is 35.5 Å². The lowest BCUT2D eigenvalue weighted by atomic mass is 9.74. The van der Waals surface area contributed by atoms with E-state index in [1.165, 1.54) is 0 Å². The first kappa shape index (κ1) is 21.4. The highest BCUT2D eigenvalue weighted by Crippen LogP contribution is 2.43. The summed E-state index contributed by atoms with van der Waals surface area (Å²) in [5.41, 5.74) is 3.68. The van der Waals surface area contributed by atoms with Crippen LogP contribution in [0.5, 0.6) is 0 Å². The fourth-order valence-electron chi connectivity index (χ4n) is 4.34. The number of nitrogens with one attached hydrogen (secondary N) is 2. The Morgan fingerprint density at radius 2 is 2.00 bits per heavy atom. The van der Waals surface area contributed by atoms with E-state index >= 15 is 0 Å². The second-order valence-electron chi connectivity index (χ2n) is 9.29. The Morgan fingerprint density at radius 1 is 1.28 bits per heavy atom.